The third-order valence-electron chi connectivity index (χ3n) is 6.32. The Labute approximate surface area is 205 Å². The summed E-state index contributed by atoms with van der Waals surface area (Å²) >= 11 is 6.55. The minimum Gasteiger partial charge on any atom is -0.494 e. The number of aliphatic hydroxyl groups is 3. The molecule has 184 valence electrons. The predicted molar refractivity (Wildman–Crippen MR) is 129 cm³/mol. The summed E-state index contributed by atoms with van der Waals surface area (Å²) in [6, 6.07) is 13.3. The highest BCUT2D eigenvalue weighted by molar-refractivity contribution is 6.31. The Bertz CT molecular complexity index is 1010. The number of hydrogen-bond acceptors (Lipinski definition) is 7. The van der Waals surface area contributed by atoms with Crippen molar-refractivity contribution in [3.05, 3.63) is 64.2 Å². The molecule has 2 aliphatic rings. The van der Waals surface area contributed by atoms with Gasteiger partial charge in [0.2, 0.25) is 5.72 Å². The number of hydrogen-bond donors (Lipinski definition) is 3. The maximum atomic E-state index is 10.9. The Kier molecular flexibility index (Phi) is 7.80. The minimum atomic E-state index is -1.38. The fraction of sp³-hybridized carbons (Fsp3) is 0.500. The molecule has 1 saturated heterocycles. The molecule has 3 N–H and O–H groups in total. The summed E-state index contributed by atoms with van der Waals surface area (Å²) in [5, 5.41) is 31.7. The molecular weight excluding hydrogens is 458 g/mol. The van der Waals surface area contributed by atoms with Gasteiger partial charge < -0.3 is 29.5 Å². The largest absolute Gasteiger partial charge is 0.494 e. The van der Waals surface area contributed by atoms with Gasteiger partial charge in [-0.05, 0) is 55.2 Å². The molecule has 0 saturated carbocycles. The van der Waals surface area contributed by atoms with Gasteiger partial charge in [0.05, 0.1) is 13.2 Å². The fourth-order valence-electron chi connectivity index (χ4n) is 4.50. The second-order valence-electron chi connectivity index (χ2n) is 8.72. The molecule has 7 nitrogen and oxygen atoms in total. The zero-order valence-corrected chi connectivity index (χ0v) is 20.2. The van der Waals surface area contributed by atoms with Crippen LogP contribution < -0.4 is 4.74 Å². The lowest BCUT2D eigenvalue weighted by atomic mass is 9.85. The molecule has 4 rings (SSSR count). The zero-order valence-electron chi connectivity index (χ0n) is 19.5. The molecule has 8 heteroatoms. The summed E-state index contributed by atoms with van der Waals surface area (Å²) in [6.07, 6.45) is -1.52. The summed E-state index contributed by atoms with van der Waals surface area (Å²) in [5.74, 6) is 1.28. The van der Waals surface area contributed by atoms with E-state index in [9.17, 15) is 15.3 Å². The zero-order chi connectivity index (χ0) is 24.3. The first-order valence-corrected chi connectivity index (χ1v) is 12.2. The number of benzene rings is 2. The molecular formula is C26H32ClNO6. The van der Waals surface area contributed by atoms with Gasteiger partial charge in [0.25, 0.3) is 0 Å². The van der Waals surface area contributed by atoms with E-state index < -0.39 is 36.7 Å². The van der Waals surface area contributed by atoms with Gasteiger partial charge in [0.1, 0.15) is 24.1 Å². The van der Waals surface area contributed by atoms with E-state index >= 15 is 0 Å². The van der Waals surface area contributed by atoms with Gasteiger partial charge in [-0.1, -0.05) is 43.1 Å². The lowest BCUT2D eigenvalue weighted by Gasteiger charge is -2.44. The summed E-state index contributed by atoms with van der Waals surface area (Å²) < 4.78 is 17.7. The molecule has 0 aliphatic carbocycles. The standard InChI is InChI=1S/C26H32ClNO6/c1-3-5-6-22-28-26(25(33-22)24(31)23(30)21(15-29)34-26)18-9-12-20(27)17(14-18)13-16-7-10-19(11-8-16)32-4-2/h7-12,14,21,23-25,29-31H,3-6,13,15H2,1-2H3/t21-,23-,24+,25?,26?/m1/s1. The molecule has 0 spiro atoms. The topological polar surface area (TPSA) is 101 Å². The van der Waals surface area contributed by atoms with Gasteiger partial charge in [-0.25, -0.2) is 4.99 Å². The van der Waals surface area contributed by atoms with Crippen LogP contribution >= 0.6 is 11.6 Å². The number of unbranched alkanes of at least 4 members (excludes halogenated alkanes) is 1. The molecule has 0 amide bonds. The van der Waals surface area contributed by atoms with Gasteiger partial charge in [0, 0.05) is 17.0 Å². The number of aliphatic imine (C=N–C) groups is 1. The average molecular weight is 490 g/mol. The van der Waals surface area contributed by atoms with Crippen LogP contribution in [0.5, 0.6) is 5.75 Å². The number of fused-ring (bicyclic) bond motifs is 1. The Balaban J connectivity index is 1.70. The van der Waals surface area contributed by atoms with E-state index in [4.69, 9.17) is 30.8 Å². The first kappa shape index (κ1) is 24.9. The van der Waals surface area contributed by atoms with Crippen LogP contribution in [0, 0.1) is 0 Å². The molecule has 2 unspecified atom stereocenters. The molecule has 5 atom stereocenters. The fourth-order valence-corrected chi connectivity index (χ4v) is 4.69. The van der Waals surface area contributed by atoms with Crippen LogP contribution in [0.1, 0.15) is 49.8 Å². The lowest BCUT2D eigenvalue weighted by molar-refractivity contribution is -0.262. The Morgan fingerprint density at radius 2 is 1.85 bits per heavy atom. The molecule has 0 aromatic heterocycles. The van der Waals surface area contributed by atoms with Crippen LogP contribution in [0.3, 0.4) is 0 Å². The molecule has 1 fully saturated rings. The van der Waals surface area contributed by atoms with Gasteiger partial charge >= 0.3 is 0 Å². The van der Waals surface area contributed by atoms with Crippen LogP contribution in [0.15, 0.2) is 47.5 Å². The molecule has 0 radical (unpaired) electrons. The highest BCUT2D eigenvalue weighted by Crippen LogP contribution is 2.46. The van der Waals surface area contributed by atoms with Gasteiger partial charge in [-0.2, -0.15) is 0 Å². The van der Waals surface area contributed by atoms with Gasteiger partial charge in [0.15, 0.2) is 12.0 Å². The minimum absolute atomic E-state index is 0.459. The van der Waals surface area contributed by atoms with E-state index in [0.29, 0.717) is 35.9 Å². The van der Waals surface area contributed by atoms with Crippen molar-refractivity contribution in [2.45, 2.75) is 69.7 Å². The highest BCUT2D eigenvalue weighted by Gasteiger charge is 2.60. The summed E-state index contributed by atoms with van der Waals surface area (Å²) in [5.41, 5.74) is 1.18. The quantitative estimate of drug-likeness (QED) is 0.497. The molecule has 2 aromatic carbocycles. The van der Waals surface area contributed by atoms with E-state index in [2.05, 4.69) is 6.92 Å². The first-order chi connectivity index (χ1) is 16.4. The maximum Gasteiger partial charge on any atom is 0.228 e. The first-order valence-electron chi connectivity index (χ1n) is 11.8. The number of halogens is 1. The molecule has 2 heterocycles. The van der Waals surface area contributed by atoms with Crippen molar-refractivity contribution < 1.29 is 29.5 Å². The maximum absolute atomic E-state index is 10.9. The number of aliphatic hydroxyl groups excluding tert-OH is 3. The van der Waals surface area contributed by atoms with E-state index in [1.807, 2.05) is 37.3 Å². The predicted octanol–water partition coefficient (Wildman–Crippen LogP) is 3.58. The van der Waals surface area contributed by atoms with Crippen molar-refractivity contribution >= 4 is 17.5 Å². The van der Waals surface area contributed by atoms with Gasteiger partial charge in [-0.15, -0.1) is 0 Å². The van der Waals surface area contributed by atoms with Crippen LogP contribution in [0.2, 0.25) is 5.02 Å². The van der Waals surface area contributed by atoms with E-state index in [1.165, 1.54) is 0 Å². The number of nitrogens with zero attached hydrogens (tertiary/aromatic N) is 1. The van der Waals surface area contributed by atoms with Crippen molar-refractivity contribution in [2.75, 3.05) is 13.2 Å². The smallest absolute Gasteiger partial charge is 0.228 e. The van der Waals surface area contributed by atoms with Crippen molar-refractivity contribution in [3.63, 3.8) is 0 Å². The molecule has 2 aromatic rings. The summed E-state index contributed by atoms with van der Waals surface area (Å²) in [7, 11) is 0. The Morgan fingerprint density at radius 1 is 1.09 bits per heavy atom. The Morgan fingerprint density at radius 3 is 2.53 bits per heavy atom. The number of ether oxygens (including phenoxy) is 3. The molecule has 34 heavy (non-hydrogen) atoms. The van der Waals surface area contributed by atoms with E-state index in [1.54, 1.807) is 12.1 Å². The molecule has 0 bridgehead atoms. The average Bonchev–Trinajstić information content (AvgIpc) is 3.22. The van der Waals surface area contributed by atoms with Crippen LogP contribution in [0.25, 0.3) is 0 Å². The third kappa shape index (κ3) is 4.81. The van der Waals surface area contributed by atoms with Crippen LogP contribution in [-0.2, 0) is 21.6 Å². The third-order valence-corrected chi connectivity index (χ3v) is 6.69. The second kappa shape index (κ2) is 10.6. The van der Waals surface area contributed by atoms with Crippen molar-refractivity contribution in [1.82, 2.24) is 0 Å². The van der Waals surface area contributed by atoms with Crippen LogP contribution in [0.4, 0.5) is 0 Å². The van der Waals surface area contributed by atoms with E-state index in [-0.39, 0.29) is 0 Å². The van der Waals surface area contributed by atoms with Crippen molar-refractivity contribution in [3.8, 4) is 5.75 Å². The Hall–Kier alpha value is -2.16. The summed E-state index contributed by atoms with van der Waals surface area (Å²) in [6.45, 7) is 4.16. The van der Waals surface area contributed by atoms with Gasteiger partial charge in [-0.3, -0.25) is 0 Å². The van der Waals surface area contributed by atoms with E-state index in [0.717, 1.165) is 29.7 Å². The monoisotopic (exact) mass is 489 g/mol. The van der Waals surface area contributed by atoms with Crippen molar-refractivity contribution in [2.24, 2.45) is 4.99 Å². The number of rotatable bonds is 9. The lowest BCUT2D eigenvalue weighted by Crippen LogP contribution is -2.61. The highest BCUT2D eigenvalue weighted by atomic mass is 35.5. The summed E-state index contributed by atoms with van der Waals surface area (Å²) in [4.78, 5) is 4.77. The van der Waals surface area contributed by atoms with Crippen molar-refractivity contribution in [1.29, 1.82) is 0 Å². The normalized spacial score (nSPS) is 28.2. The SMILES string of the molecule is CCCCC1=NC2(c3ccc(Cl)c(Cc4ccc(OCC)cc4)c3)O[C@H](CO)[C@@H](O)[C@H](O)C2O1. The molecule has 2 aliphatic heterocycles. The van der Waals surface area contributed by atoms with Crippen LogP contribution in [-0.4, -0.2) is 58.8 Å². The second-order valence-corrected chi connectivity index (χ2v) is 9.13.